The average molecular weight is 615 g/mol. The van der Waals surface area contributed by atoms with Crippen LogP contribution < -0.4 is 4.74 Å². The minimum absolute atomic E-state index is 0.481. The van der Waals surface area contributed by atoms with Gasteiger partial charge < -0.3 is 13.6 Å². The van der Waals surface area contributed by atoms with Gasteiger partial charge in [0.2, 0.25) is 0 Å². The highest BCUT2D eigenvalue weighted by Crippen LogP contribution is 2.62. The van der Waals surface area contributed by atoms with Crippen molar-refractivity contribution in [3.8, 4) is 45.3 Å². The topological polar surface area (TPSA) is 35.5 Å². The second-order valence-corrected chi connectivity index (χ2v) is 12.8. The van der Waals surface area contributed by atoms with Crippen molar-refractivity contribution in [1.29, 1.82) is 0 Å². The molecule has 7 aromatic carbocycles. The van der Waals surface area contributed by atoms with Crippen LogP contribution in [0, 0.1) is 0 Å². The lowest BCUT2D eigenvalue weighted by molar-refractivity contribution is 0.436. The molecule has 0 N–H and O–H groups in total. The van der Waals surface area contributed by atoms with E-state index in [1.54, 1.807) is 0 Å². The van der Waals surface area contributed by atoms with E-state index in [-0.39, 0.29) is 0 Å². The number of ether oxygens (including phenoxy) is 1. The first kappa shape index (κ1) is 25.8. The first-order valence-corrected chi connectivity index (χ1v) is 16.3. The summed E-state index contributed by atoms with van der Waals surface area (Å²) in [6.45, 7) is 0. The molecule has 0 radical (unpaired) electrons. The summed E-state index contributed by atoms with van der Waals surface area (Å²) in [7, 11) is 0. The predicted octanol–water partition coefficient (Wildman–Crippen LogP) is 12.1. The Morgan fingerprint density at radius 1 is 0.396 bits per heavy atom. The van der Waals surface area contributed by atoms with Gasteiger partial charge in [-0.1, -0.05) is 121 Å². The van der Waals surface area contributed by atoms with Gasteiger partial charge in [0, 0.05) is 33.0 Å². The van der Waals surface area contributed by atoms with E-state index in [4.69, 9.17) is 13.6 Å². The third-order valence-electron chi connectivity index (χ3n) is 10.4. The molecule has 0 fully saturated rings. The smallest absolute Gasteiger partial charge is 0.136 e. The van der Waals surface area contributed by atoms with Crippen LogP contribution in [-0.4, -0.2) is 0 Å². The standard InChI is InChI=1S/C45H26O3/c1-2-11-29-27(10-1)21-23-41-43(29)44-32(14-9-19-40(44)48-41)38-25-24-37(46-38)28-20-22-36-42(26-28)47-39-18-8-7-17-35(39)45(36)33-15-5-3-12-30(33)31-13-4-6-16-34(31)45/h1-26H. The van der Waals surface area contributed by atoms with Crippen molar-refractivity contribution in [2.45, 2.75) is 5.41 Å². The molecule has 3 heteroatoms. The minimum atomic E-state index is -0.481. The Morgan fingerprint density at radius 3 is 1.92 bits per heavy atom. The molecule has 3 nitrogen and oxygen atoms in total. The lowest BCUT2D eigenvalue weighted by Crippen LogP contribution is -2.32. The van der Waals surface area contributed by atoms with E-state index >= 15 is 0 Å². The molecule has 9 aromatic rings. The quantitative estimate of drug-likeness (QED) is 0.194. The first-order chi connectivity index (χ1) is 23.8. The van der Waals surface area contributed by atoms with Crippen LogP contribution in [-0.2, 0) is 5.41 Å². The molecular formula is C45H26O3. The van der Waals surface area contributed by atoms with E-state index in [2.05, 4.69) is 146 Å². The number of benzene rings is 7. The Morgan fingerprint density at radius 2 is 1.06 bits per heavy atom. The molecule has 2 aliphatic rings. The van der Waals surface area contributed by atoms with Crippen LogP contribution in [0.3, 0.4) is 0 Å². The van der Waals surface area contributed by atoms with E-state index in [1.807, 2.05) is 12.1 Å². The largest absolute Gasteiger partial charge is 0.457 e. The van der Waals surface area contributed by atoms with Gasteiger partial charge in [-0.2, -0.15) is 0 Å². The van der Waals surface area contributed by atoms with Crippen LogP contribution in [0.5, 0.6) is 11.5 Å². The van der Waals surface area contributed by atoms with Crippen molar-refractivity contribution in [3.05, 3.63) is 180 Å². The highest BCUT2D eigenvalue weighted by molar-refractivity contribution is 6.22. The van der Waals surface area contributed by atoms with Gasteiger partial charge in [-0.25, -0.2) is 0 Å². The monoisotopic (exact) mass is 614 g/mol. The van der Waals surface area contributed by atoms with E-state index in [0.29, 0.717) is 0 Å². The molecule has 0 atom stereocenters. The Bertz CT molecular complexity index is 2730. The van der Waals surface area contributed by atoms with Gasteiger partial charge >= 0.3 is 0 Å². The zero-order chi connectivity index (χ0) is 31.4. The maximum atomic E-state index is 6.73. The second-order valence-electron chi connectivity index (χ2n) is 12.8. The van der Waals surface area contributed by atoms with Gasteiger partial charge in [0.05, 0.1) is 5.41 Å². The third kappa shape index (κ3) is 3.27. The summed E-state index contributed by atoms with van der Waals surface area (Å²) in [6, 6.07) is 55.6. The van der Waals surface area contributed by atoms with Gasteiger partial charge in [-0.05, 0) is 69.4 Å². The average Bonchev–Trinajstić information content (AvgIpc) is 3.86. The molecule has 0 unspecified atom stereocenters. The van der Waals surface area contributed by atoms with Crippen molar-refractivity contribution in [1.82, 2.24) is 0 Å². The van der Waals surface area contributed by atoms with Crippen molar-refractivity contribution in [3.63, 3.8) is 0 Å². The Labute approximate surface area is 276 Å². The van der Waals surface area contributed by atoms with Crippen molar-refractivity contribution < 1.29 is 13.6 Å². The number of fused-ring (bicyclic) bond motifs is 14. The van der Waals surface area contributed by atoms with E-state index < -0.39 is 5.41 Å². The number of para-hydroxylation sites is 1. The van der Waals surface area contributed by atoms with Crippen molar-refractivity contribution >= 4 is 32.7 Å². The lowest BCUT2D eigenvalue weighted by atomic mass is 9.66. The van der Waals surface area contributed by atoms with Crippen LogP contribution >= 0.6 is 0 Å². The summed E-state index contributed by atoms with van der Waals surface area (Å²) in [5.41, 5.74) is 10.6. The highest BCUT2D eigenvalue weighted by Gasteiger charge is 2.50. The van der Waals surface area contributed by atoms with Gasteiger partial charge in [0.25, 0.3) is 0 Å². The molecule has 1 aliphatic carbocycles. The molecular weight excluding hydrogens is 588 g/mol. The molecule has 224 valence electrons. The maximum Gasteiger partial charge on any atom is 0.136 e. The number of hydrogen-bond acceptors (Lipinski definition) is 3. The molecule has 1 spiro atoms. The fourth-order valence-electron chi connectivity index (χ4n) is 8.44. The zero-order valence-electron chi connectivity index (χ0n) is 25.7. The number of rotatable bonds is 2. The zero-order valence-corrected chi connectivity index (χ0v) is 25.7. The van der Waals surface area contributed by atoms with Gasteiger partial charge in [-0.15, -0.1) is 0 Å². The van der Waals surface area contributed by atoms with Crippen LogP contribution in [0.2, 0.25) is 0 Å². The highest BCUT2D eigenvalue weighted by atomic mass is 16.5. The maximum absolute atomic E-state index is 6.73. The van der Waals surface area contributed by atoms with Crippen LogP contribution in [0.4, 0.5) is 0 Å². The number of furan rings is 2. The normalized spacial score (nSPS) is 13.8. The Hall–Kier alpha value is -6.32. The molecule has 1 aliphatic heterocycles. The summed E-state index contributed by atoms with van der Waals surface area (Å²) in [5, 5.41) is 4.53. The third-order valence-corrected chi connectivity index (χ3v) is 10.4. The molecule has 0 saturated carbocycles. The fourth-order valence-corrected chi connectivity index (χ4v) is 8.44. The van der Waals surface area contributed by atoms with Gasteiger partial charge in [0.1, 0.15) is 34.2 Å². The van der Waals surface area contributed by atoms with E-state index in [9.17, 15) is 0 Å². The lowest BCUT2D eigenvalue weighted by Gasteiger charge is -2.39. The van der Waals surface area contributed by atoms with E-state index in [0.717, 1.165) is 67.2 Å². The SMILES string of the molecule is c1ccc2c(c1)Oc1cc(-c3ccc(-c4cccc5oc6ccc7ccccc7c6c45)o3)ccc1C21c2ccccc2-c2ccccc21. The molecule has 11 rings (SSSR count). The molecule has 0 amide bonds. The fraction of sp³-hybridized carbons (Fsp3) is 0.0222. The molecule has 3 heterocycles. The van der Waals surface area contributed by atoms with Crippen molar-refractivity contribution in [2.75, 3.05) is 0 Å². The first-order valence-electron chi connectivity index (χ1n) is 16.3. The van der Waals surface area contributed by atoms with Gasteiger partial charge in [-0.3, -0.25) is 0 Å². The molecule has 2 aromatic heterocycles. The Kier molecular flexibility index (Phi) is 5.04. The number of hydrogen-bond donors (Lipinski definition) is 0. The molecule has 0 bridgehead atoms. The molecule has 0 saturated heterocycles. The van der Waals surface area contributed by atoms with Crippen LogP contribution in [0.15, 0.2) is 167 Å². The second kappa shape index (κ2) is 9.37. The Balaban J connectivity index is 1.09. The summed E-state index contributed by atoms with van der Waals surface area (Å²) < 4.78 is 19.8. The summed E-state index contributed by atoms with van der Waals surface area (Å²) in [6.07, 6.45) is 0. The van der Waals surface area contributed by atoms with Crippen LogP contribution in [0.25, 0.3) is 66.5 Å². The van der Waals surface area contributed by atoms with Crippen LogP contribution in [0.1, 0.15) is 22.3 Å². The molecule has 48 heavy (non-hydrogen) atoms. The van der Waals surface area contributed by atoms with Crippen molar-refractivity contribution in [2.24, 2.45) is 0 Å². The summed E-state index contributed by atoms with van der Waals surface area (Å²) >= 11 is 0. The minimum Gasteiger partial charge on any atom is -0.457 e. The predicted molar refractivity (Wildman–Crippen MR) is 192 cm³/mol. The summed E-state index contributed by atoms with van der Waals surface area (Å²) in [5.74, 6) is 3.29. The summed E-state index contributed by atoms with van der Waals surface area (Å²) in [4.78, 5) is 0. The van der Waals surface area contributed by atoms with Gasteiger partial charge in [0.15, 0.2) is 0 Å². The van der Waals surface area contributed by atoms with E-state index in [1.165, 1.54) is 33.0 Å².